The second-order valence-corrected chi connectivity index (χ2v) is 8.53. The van der Waals surface area contributed by atoms with Crippen molar-refractivity contribution in [3.63, 3.8) is 0 Å². The molecule has 8 nitrogen and oxygen atoms in total. The fourth-order valence-electron chi connectivity index (χ4n) is 4.64. The molecule has 3 N–H and O–H groups in total. The van der Waals surface area contributed by atoms with E-state index in [1.54, 1.807) is 0 Å². The van der Waals surface area contributed by atoms with Gasteiger partial charge in [-0.25, -0.2) is 9.59 Å². The van der Waals surface area contributed by atoms with Crippen molar-refractivity contribution >= 4 is 18.0 Å². The molecule has 2 aromatic rings. The first-order chi connectivity index (χ1) is 16.4. The molecule has 8 heteroatoms. The Hall–Kier alpha value is -3.65. The molecule has 0 spiro atoms. The summed E-state index contributed by atoms with van der Waals surface area (Å²) in [6, 6.07) is 14.9. The Balaban J connectivity index is 1.46. The van der Waals surface area contributed by atoms with Gasteiger partial charge in [-0.2, -0.15) is 0 Å². The number of carbonyl (C=O) groups is 3. The predicted octanol–water partition coefficient (Wildman–Crippen LogP) is 3.22. The summed E-state index contributed by atoms with van der Waals surface area (Å²) in [6.07, 6.45) is 1.19. The molecule has 0 aromatic heterocycles. The average Bonchev–Trinajstić information content (AvgIpc) is 3.16. The Morgan fingerprint density at radius 1 is 1.09 bits per heavy atom. The lowest BCUT2D eigenvalue weighted by molar-refractivity contribution is -0.143. The van der Waals surface area contributed by atoms with Crippen molar-refractivity contribution in [2.75, 3.05) is 19.8 Å². The standard InChI is InChI=1S/C26H28N2O6/c1-2-7-22(23(29)30)27-24(31)26(12-14-33-15-13-26)28-25(32)34-16-21-19-10-5-3-8-17(19)18-9-4-6-11-20(18)21/h2-6,8-11,21-22H,1,7,12-16H2,(H,27,31)(H,28,32)(H,29,30). The molecule has 1 heterocycles. The van der Waals surface area contributed by atoms with Gasteiger partial charge in [0.25, 0.3) is 0 Å². The first-order valence-corrected chi connectivity index (χ1v) is 11.3. The fourth-order valence-corrected chi connectivity index (χ4v) is 4.64. The van der Waals surface area contributed by atoms with Crippen LogP contribution >= 0.6 is 0 Å². The highest BCUT2D eigenvalue weighted by Crippen LogP contribution is 2.44. The van der Waals surface area contributed by atoms with Crippen molar-refractivity contribution in [1.82, 2.24) is 10.6 Å². The predicted molar refractivity (Wildman–Crippen MR) is 125 cm³/mol. The number of nitrogens with one attached hydrogen (secondary N) is 2. The zero-order valence-corrected chi connectivity index (χ0v) is 18.8. The molecule has 0 radical (unpaired) electrons. The molecule has 4 rings (SSSR count). The maximum atomic E-state index is 13.1. The zero-order chi connectivity index (χ0) is 24.1. The van der Waals surface area contributed by atoms with Crippen LogP contribution in [-0.4, -0.2) is 54.5 Å². The molecule has 1 saturated heterocycles. The van der Waals surface area contributed by atoms with Crippen LogP contribution in [-0.2, 0) is 19.1 Å². The van der Waals surface area contributed by atoms with Crippen molar-refractivity contribution in [2.45, 2.75) is 36.8 Å². The molecule has 0 saturated carbocycles. The van der Waals surface area contributed by atoms with Crippen LogP contribution in [0.15, 0.2) is 61.2 Å². The van der Waals surface area contributed by atoms with Gasteiger partial charge in [-0.1, -0.05) is 54.6 Å². The lowest BCUT2D eigenvalue weighted by Gasteiger charge is -2.36. The van der Waals surface area contributed by atoms with Crippen molar-refractivity contribution in [1.29, 1.82) is 0 Å². The molecule has 1 atom stereocenters. The smallest absolute Gasteiger partial charge is 0.408 e. The highest BCUT2D eigenvalue weighted by Gasteiger charge is 2.43. The number of hydrogen-bond donors (Lipinski definition) is 3. The molecule has 1 unspecified atom stereocenters. The van der Waals surface area contributed by atoms with Gasteiger partial charge in [-0.05, 0) is 28.7 Å². The minimum absolute atomic E-state index is 0.0681. The third kappa shape index (κ3) is 4.68. The number of benzene rings is 2. The number of ether oxygens (including phenoxy) is 2. The van der Waals surface area contributed by atoms with Crippen LogP contribution < -0.4 is 10.6 Å². The first kappa shape index (κ1) is 23.5. The van der Waals surface area contributed by atoms with E-state index in [0.29, 0.717) is 0 Å². The number of carboxylic acids is 1. The number of rotatable bonds is 8. The molecule has 0 bridgehead atoms. The van der Waals surface area contributed by atoms with E-state index in [2.05, 4.69) is 29.3 Å². The van der Waals surface area contributed by atoms with Crippen LogP contribution in [0.2, 0.25) is 0 Å². The summed E-state index contributed by atoms with van der Waals surface area (Å²) >= 11 is 0. The van der Waals surface area contributed by atoms with E-state index in [-0.39, 0.29) is 45.0 Å². The van der Waals surface area contributed by atoms with E-state index in [1.165, 1.54) is 6.08 Å². The van der Waals surface area contributed by atoms with Crippen LogP contribution in [0.25, 0.3) is 11.1 Å². The molecule has 1 fully saturated rings. The molecule has 34 heavy (non-hydrogen) atoms. The van der Waals surface area contributed by atoms with E-state index in [1.807, 2.05) is 36.4 Å². The summed E-state index contributed by atoms with van der Waals surface area (Å²) in [5, 5.41) is 14.6. The van der Waals surface area contributed by atoms with Crippen LogP contribution in [0.4, 0.5) is 4.79 Å². The third-order valence-corrected chi connectivity index (χ3v) is 6.47. The molecular weight excluding hydrogens is 436 g/mol. The van der Waals surface area contributed by atoms with Gasteiger partial charge in [0.2, 0.25) is 5.91 Å². The highest BCUT2D eigenvalue weighted by atomic mass is 16.5. The Kier molecular flexibility index (Phi) is 6.98. The maximum absolute atomic E-state index is 13.1. The van der Waals surface area contributed by atoms with Gasteiger partial charge < -0.3 is 25.2 Å². The summed E-state index contributed by atoms with van der Waals surface area (Å²) in [7, 11) is 0. The molecule has 2 aromatic carbocycles. The second kappa shape index (κ2) is 10.1. The van der Waals surface area contributed by atoms with E-state index in [9.17, 15) is 19.5 Å². The van der Waals surface area contributed by atoms with Crippen molar-refractivity contribution in [2.24, 2.45) is 0 Å². The van der Waals surface area contributed by atoms with Crippen LogP contribution in [0.3, 0.4) is 0 Å². The number of amides is 2. The Morgan fingerprint density at radius 2 is 1.68 bits per heavy atom. The van der Waals surface area contributed by atoms with Gasteiger partial charge in [0.1, 0.15) is 18.2 Å². The SMILES string of the molecule is C=CCC(NC(=O)C1(NC(=O)OCC2c3ccccc3-c3ccccc32)CCOCC1)C(=O)O. The Bertz CT molecular complexity index is 1050. The quantitative estimate of drug-likeness (QED) is 0.517. The normalized spacial score (nSPS) is 17.1. The number of aliphatic carboxylic acids is 1. The third-order valence-electron chi connectivity index (χ3n) is 6.47. The number of carboxylic acid groups (broad SMARTS) is 1. The number of fused-ring (bicyclic) bond motifs is 3. The average molecular weight is 465 g/mol. The highest BCUT2D eigenvalue weighted by molar-refractivity contribution is 5.93. The second-order valence-electron chi connectivity index (χ2n) is 8.53. The Morgan fingerprint density at radius 3 is 2.24 bits per heavy atom. The monoisotopic (exact) mass is 464 g/mol. The Labute approximate surface area is 198 Å². The zero-order valence-electron chi connectivity index (χ0n) is 18.8. The fraction of sp³-hybridized carbons (Fsp3) is 0.346. The largest absolute Gasteiger partial charge is 0.480 e. The van der Waals surface area contributed by atoms with Crippen LogP contribution in [0, 0.1) is 0 Å². The minimum atomic E-state index is -1.31. The lowest BCUT2D eigenvalue weighted by atomic mass is 9.88. The van der Waals surface area contributed by atoms with Crippen LogP contribution in [0.1, 0.15) is 36.3 Å². The topological polar surface area (TPSA) is 114 Å². The van der Waals surface area contributed by atoms with Gasteiger partial charge in [0, 0.05) is 32.0 Å². The minimum Gasteiger partial charge on any atom is -0.480 e. The van der Waals surface area contributed by atoms with Gasteiger partial charge in [-0.15, -0.1) is 6.58 Å². The van der Waals surface area contributed by atoms with E-state index < -0.39 is 29.6 Å². The molecular formula is C26H28N2O6. The van der Waals surface area contributed by atoms with E-state index in [4.69, 9.17) is 9.47 Å². The van der Waals surface area contributed by atoms with Crippen LogP contribution in [0.5, 0.6) is 0 Å². The van der Waals surface area contributed by atoms with Gasteiger partial charge in [0.05, 0.1) is 0 Å². The summed E-state index contributed by atoms with van der Waals surface area (Å²) in [5.41, 5.74) is 3.10. The molecule has 2 aliphatic rings. The van der Waals surface area contributed by atoms with Gasteiger partial charge in [0.15, 0.2) is 0 Å². The molecule has 178 valence electrons. The lowest BCUT2D eigenvalue weighted by Crippen LogP contribution is -2.63. The van der Waals surface area contributed by atoms with Crippen molar-refractivity contribution in [3.8, 4) is 11.1 Å². The van der Waals surface area contributed by atoms with E-state index in [0.717, 1.165) is 22.3 Å². The summed E-state index contributed by atoms with van der Waals surface area (Å²) in [4.78, 5) is 37.4. The number of alkyl carbamates (subject to hydrolysis) is 1. The summed E-state index contributed by atoms with van der Waals surface area (Å²) in [5.74, 6) is -1.85. The summed E-state index contributed by atoms with van der Waals surface area (Å²) in [6.45, 7) is 4.17. The van der Waals surface area contributed by atoms with Gasteiger partial charge in [-0.3, -0.25) is 4.79 Å². The van der Waals surface area contributed by atoms with Gasteiger partial charge >= 0.3 is 12.1 Å². The maximum Gasteiger partial charge on any atom is 0.408 e. The van der Waals surface area contributed by atoms with Crippen molar-refractivity contribution in [3.05, 3.63) is 72.3 Å². The molecule has 1 aliphatic carbocycles. The molecule has 2 amide bonds. The first-order valence-electron chi connectivity index (χ1n) is 11.3. The molecule has 1 aliphatic heterocycles. The summed E-state index contributed by atoms with van der Waals surface area (Å²) < 4.78 is 11.0. The van der Waals surface area contributed by atoms with Crippen molar-refractivity contribution < 1.29 is 29.0 Å². The number of carbonyl (C=O) groups excluding carboxylic acids is 2. The van der Waals surface area contributed by atoms with E-state index >= 15 is 0 Å². The number of hydrogen-bond acceptors (Lipinski definition) is 5.